The lowest BCUT2D eigenvalue weighted by Gasteiger charge is -2.09. The van der Waals surface area contributed by atoms with Gasteiger partial charge >= 0.3 is 5.97 Å². The van der Waals surface area contributed by atoms with Crippen molar-refractivity contribution in [2.24, 2.45) is 5.73 Å². The second-order valence-corrected chi connectivity index (χ2v) is 4.11. The Morgan fingerprint density at radius 3 is 2.68 bits per heavy atom. The summed E-state index contributed by atoms with van der Waals surface area (Å²) in [6.45, 7) is 2.04. The Bertz CT molecular complexity index is 562. The molecular weight excluding hydrogens is 244 g/mol. The molecule has 0 saturated heterocycles. The third-order valence-corrected chi connectivity index (χ3v) is 2.89. The second-order valence-electron chi connectivity index (χ2n) is 4.11. The molecule has 1 aromatic heterocycles. The number of aromatic nitrogens is 3. The van der Waals surface area contributed by atoms with Crippen molar-refractivity contribution in [2.45, 2.75) is 19.4 Å². The molecule has 2 rings (SSSR count). The lowest BCUT2D eigenvalue weighted by molar-refractivity contribution is 0.0587. The summed E-state index contributed by atoms with van der Waals surface area (Å²) in [5.41, 5.74) is 7.83. The summed E-state index contributed by atoms with van der Waals surface area (Å²) in [5.74, 6) is -0.514. The van der Waals surface area contributed by atoms with Crippen LogP contribution in [0.25, 0.3) is 5.69 Å². The fourth-order valence-corrected chi connectivity index (χ4v) is 1.68. The van der Waals surface area contributed by atoms with Crippen LogP contribution in [-0.2, 0) is 4.74 Å². The molecule has 0 saturated carbocycles. The van der Waals surface area contributed by atoms with Gasteiger partial charge < -0.3 is 10.5 Å². The number of ether oxygens (including phenoxy) is 1. The molecule has 0 aliphatic heterocycles. The summed E-state index contributed by atoms with van der Waals surface area (Å²) >= 11 is 0. The minimum Gasteiger partial charge on any atom is -0.463 e. The molecule has 19 heavy (non-hydrogen) atoms. The highest BCUT2D eigenvalue weighted by atomic mass is 16.5. The van der Waals surface area contributed by atoms with E-state index in [1.807, 2.05) is 31.2 Å². The van der Waals surface area contributed by atoms with Crippen molar-refractivity contribution in [2.75, 3.05) is 7.11 Å². The van der Waals surface area contributed by atoms with Gasteiger partial charge in [0, 0.05) is 6.04 Å². The van der Waals surface area contributed by atoms with Gasteiger partial charge in [0.25, 0.3) is 5.82 Å². The third-order valence-electron chi connectivity index (χ3n) is 2.89. The Morgan fingerprint density at radius 2 is 2.11 bits per heavy atom. The van der Waals surface area contributed by atoms with Gasteiger partial charge in [0.1, 0.15) is 6.33 Å². The number of rotatable bonds is 4. The van der Waals surface area contributed by atoms with E-state index in [0.29, 0.717) is 0 Å². The molecule has 0 fully saturated rings. The highest BCUT2D eigenvalue weighted by Crippen LogP contribution is 2.16. The molecule has 0 aliphatic rings. The Labute approximate surface area is 111 Å². The van der Waals surface area contributed by atoms with Gasteiger partial charge in [-0.05, 0) is 24.1 Å². The van der Waals surface area contributed by atoms with E-state index < -0.39 is 5.97 Å². The van der Waals surface area contributed by atoms with Gasteiger partial charge in [0.2, 0.25) is 0 Å². The van der Waals surface area contributed by atoms with Crippen molar-refractivity contribution in [1.29, 1.82) is 0 Å². The normalized spacial score (nSPS) is 12.2. The van der Waals surface area contributed by atoms with Gasteiger partial charge in [0.15, 0.2) is 0 Å². The summed E-state index contributed by atoms with van der Waals surface area (Å²) in [6.07, 6.45) is 2.36. The number of carbonyl (C=O) groups excluding carboxylic acids is 1. The maximum Gasteiger partial charge on any atom is 0.377 e. The van der Waals surface area contributed by atoms with Gasteiger partial charge in [-0.2, -0.15) is 0 Å². The van der Waals surface area contributed by atoms with Crippen LogP contribution in [0, 0.1) is 0 Å². The summed E-state index contributed by atoms with van der Waals surface area (Å²) in [7, 11) is 1.30. The number of methoxy groups -OCH3 is 1. The van der Waals surface area contributed by atoms with E-state index in [4.69, 9.17) is 5.73 Å². The van der Waals surface area contributed by atoms with E-state index in [1.54, 1.807) is 0 Å². The maximum absolute atomic E-state index is 11.3. The van der Waals surface area contributed by atoms with Crippen LogP contribution < -0.4 is 5.73 Å². The fraction of sp³-hybridized carbons (Fsp3) is 0.308. The van der Waals surface area contributed by atoms with E-state index in [2.05, 4.69) is 14.8 Å². The van der Waals surface area contributed by atoms with E-state index in [1.165, 1.54) is 18.1 Å². The van der Waals surface area contributed by atoms with Crippen molar-refractivity contribution in [1.82, 2.24) is 14.8 Å². The first-order valence-electron chi connectivity index (χ1n) is 6.01. The van der Waals surface area contributed by atoms with Crippen molar-refractivity contribution in [3.8, 4) is 5.69 Å². The topological polar surface area (TPSA) is 83.0 Å². The number of hydrogen-bond acceptors (Lipinski definition) is 5. The van der Waals surface area contributed by atoms with Crippen LogP contribution in [0.2, 0.25) is 0 Å². The molecule has 100 valence electrons. The van der Waals surface area contributed by atoms with Crippen molar-refractivity contribution >= 4 is 5.97 Å². The van der Waals surface area contributed by atoms with Crippen LogP contribution in [-0.4, -0.2) is 27.8 Å². The lowest BCUT2D eigenvalue weighted by atomic mass is 10.1. The standard InChI is InChI=1S/C13H16N4O2/c1-3-11(14)9-4-6-10(7-5-9)17-8-15-12(16-17)13(18)19-2/h4-8,11H,3,14H2,1-2H3. The van der Waals surface area contributed by atoms with Gasteiger partial charge in [-0.15, -0.1) is 5.10 Å². The van der Waals surface area contributed by atoms with Gasteiger partial charge in [-0.1, -0.05) is 19.1 Å². The molecule has 0 aliphatic carbocycles. The molecule has 1 atom stereocenters. The van der Waals surface area contributed by atoms with Crippen LogP contribution in [0.1, 0.15) is 35.6 Å². The Hall–Kier alpha value is -2.21. The number of hydrogen-bond donors (Lipinski definition) is 1. The lowest BCUT2D eigenvalue weighted by Crippen LogP contribution is -2.08. The average molecular weight is 260 g/mol. The first-order chi connectivity index (χ1) is 9.15. The minimum absolute atomic E-state index is 0.0374. The number of nitrogens with zero attached hydrogens (tertiary/aromatic N) is 3. The largest absolute Gasteiger partial charge is 0.463 e. The smallest absolute Gasteiger partial charge is 0.377 e. The van der Waals surface area contributed by atoms with Crippen LogP contribution >= 0.6 is 0 Å². The van der Waals surface area contributed by atoms with E-state index in [9.17, 15) is 4.79 Å². The molecule has 0 radical (unpaired) electrons. The van der Waals surface area contributed by atoms with Crippen molar-refractivity contribution in [3.05, 3.63) is 42.0 Å². The van der Waals surface area contributed by atoms with Crippen LogP contribution in [0.4, 0.5) is 0 Å². The molecular formula is C13H16N4O2. The molecule has 6 nitrogen and oxygen atoms in total. The van der Waals surface area contributed by atoms with Crippen molar-refractivity contribution < 1.29 is 9.53 Å². The number of esters is 1. The number of benzene rings is 1. The SMILES string of the molecule is CCC(N)c1ccc(-n2cnc(C(=O)OC)n2)cc1. The zero-order valence-corrected chi connectivity index (χ0v) is 10.9. The highest BCUT2D eigenvalue weighted by Gasteiger charge is 2.12. The van der Waals surface area contributed by atoms with Crippen LogP contribution in [0.5, 0.6) is 0 Å². The molecule has 6 heteroatoms. The Morgan fingerprint density at radius 1 is 1.42 bits per heavy atom. The third kappa shape index (κ3) is 2.79. The molecule has 0 spiro atoms. The molecule has 2 aromatic rings. The fourth-order valence-electron chi connectivity index (χ4n) is 1.68. The Kier molecular flexibility index (Phi) is 3.91. The molecule has 1 aromatic carbocycles. The zero-order valence-electron chi connectivity index (χ0n) is 10.9. The number of nitrogens with two attached hydrogens (primary N) is 1. The predicted molar refractivity (Wildman–Crippen MR) is 69.9 cm³/mol. The zero-order chi connectivity index (χ0) is 13.8. The average Bonchev–Trinajstić information content (AvgIpc) is 2.95. The highest BCUT2D eigenvalue weighted by molar-refractivity contribution is 5.84. The minimum atomic E-state index is -0.552. The van der Waals surface area contributed by atoms with Crippen LogP contribution in [0.15, 0.2) is 30.6 Å². The molecule has 1 unspecified atom stereocenters. The van der Waals surface area contributed by atoms with E-state index in [-0.39, 0.29) is 11.9 Å². The van der Waals surface area contributed by atoms with E-state index >= 15 is 0 Å². The number of carbonyl (C=O) groups is 1. The Balaban J connectivity index is 2.22. The predicted octanol–water partition coefficient (Wildman–Crippen LogP) is 1.46. The summed E-state index contributed by atoms with van der Waals surface area (Å²) in [5, 5.41) is 4.05. The molecule has 0 bridgehead atoms. The summed E-state index contributed by atoms with van der Waals surface area (Å²) in [4.78, 5) is 15.2. The molecule has 1 heterocycles. The molecule has 0 amide bonds. The van der Waals surface area contributed by atoms with Crippen LogP contribution in [0.3, 0.4) is 0 Å². The summed E-state index contributed by atoms with van der Waals surface area (Å²) in [6, 6.07) is 7.71. The van der Waals surface area contributed by atoms with Gasteiger partial charge in [-0.25, -0.2) is 14.5 Å². The second kappa shape index (κ2) is 5.62. The monoisotopic (exact) mass is 260 g/mol. The first kappa shape index (κ1) is 13.2. The maximum atomic E-state index is 11.3. The van der Waals surface area contributed by atoms with E-state index in [0.717, 1.165) is 17.7 Å². The summed E-state index contributed by atoms with van der Waals surface area (Å²) < 4.78 is 6.08. The van der Waals surface area contributed by atoms with Gasteiger partial charge in [-0.3, -0.25) is 0 Å². The molecule has 2 N–H and O–H groups in total. The quantitative estimate of drug-likeness (QED) is 0.841. The first-order valence-corrected chi connectivity index (χ1v) is 6.01. The van der Waals surface area contributed by atoms with Gasteiger partial charge in [0.05, 0.1) is 12.8 Å². The van der Waals surface area contributed by atoms with Crippen molar-refractivity contribution in [3.63, 3.8) is 0 Å².